The van der Waals surface area contributed by atoms with Crippen LogP contribution in [-0.4, -0.2) is 7.11 Å². The lowest BCUT2D eigenvalue weighted by Gasteiger charge is -2.13. The number of rotatable bonds is 6. The molecule has 0 amide bonds. The van der Waals surface area contributed by atoms with Gasteiger partial charge in [0.15, 0.2) is 0 Å². The van der Waals surface area contributed by atoms with Crippen LogP contribution in [0.5, 0.6) is 5.75 Å². The van der Waals surface area contributed by atoms with Crippen LogP contribution in [0.25, 0.3) is 0 Å². The Morgan fingerprint density at radius 2 is 1.76 bits per heavy atom. The Balaban J connectivity index is 2.15. The third-order valence-corrected chi connectivity index (χ3v) is 4.68. The zero-order valence-electron chi connectivity index (χ0n) is 12.4. The van der Waals surface area contributed by atoms with Gasteiger partial charge in [-0.2, -0.15) is 0 Å². The Labute approximate surface area is 140 Å². The molecule has 2 aromatic carbocycles. The molecule has 0 N–H and O–H groups in total. The minimum Gasteiger partial charge on any atom is -0.496 e. The van der Waals surface area contributed by atoms with E-state index in [9.17, 15) is 0 Å². The summed E-state index contributed by atoms with van der Waals surface area (Å²) in [6.45, 7) is 2.21. The maximum atomic E-state index is 6.59. The summed E-state index contributed by atoms with van der Waals surface area (Å²) in [6.07, 6.45) is 3.59. The van der Waals surface area contributed by atoms with E-state index in [1.807, 2.05) is 18.2 Å². The summed E-state index contributed by atoms with van der Waals surface area (Å²) in [4.78, 5) is 0. The highest BCUT2D eigenvalue weighted by atomic mass is 79.9. The topological polar surface area (TPSA) is 9.23 Å². The van der Waals surface area contributed by atoms with E-state index in [1.54, 1.807) is 7.11 Å². The van der Waals surface area contributed by atoms with Gasteiger partial charge in [0.2, 0.25) is 0 Å². The van der Waals surface area contributed by atoms with Gasteiger partial charge in [0.05, 0.1) is 17.0 Å². The molecule has 3 heteroatoms. The van der Waals surface area contributed by atoms with Crippen molar-refractivity contribution in [3.05, 3.63) is 63.6 Å². The number of benzene rings is 2. The van der Waals surface area contributed by atoms with Crippen molar-refractivity contribution in [2.75, 3.05) is 7.11 Å². The van der Waals surface area contributed by atoms with E-state index in [1.165, 1.54) is 18.4 Å². The predicted molar refractivity (Wildman–Crippen MR) is 93.4 cm³/mol. The molecule has 112 valence electrons. The van der Waals surface area contributed by atoms with Crippen molar-refractivity contribution in [1.29, 1.82) is 0 Å². The molecule has 0 fully saturated rings. The van der Waals surface area contributed by atoms with Crippen molar-refractivity contribution in [2.45, 2.75) is 31.6 Å². The molecule has 0 spiro atoms. The standard InChI is InChI=1S/C18H20BrClO/c1-3-4-5-13-6-8-14(9-7-13)18(20)15-10-11-17(21-2)16(19)12-15/h6-12,18H,3-5H2,1-2H3. The molecule has 2 aromatic rings. The lowest BCUT2D eigenvalue weighted by Crippen LogP contribution is -1.95. The summed E-state index contributed by atoms with van der Waals surface area (Å²) in [5, 5.41) is -0.146. The molecule has 0 aliphatic heterocycles. The first-order valence-corrected chi connectivity index (χ1v) is 8.45. The van der Waals surface area contributed by atoms with Gasteiger partial charge in [-0.25, -0.2) is 0 Å². The summed E-state index contributed by atoms with van der Waals surface area (Å²) in [6, 6.07) is 14.6. The van der Waals surface area contributed by atoms with E-state index < -0.39 is 0 Å². The maximum absolute atomic E-state index is 6.59. The van der Waals surface area contributed by atoms with Gasteiger partial charge in [0.1, 0.15) is 5.75 Å². The third kappa shape index (κ3) is 4.24. The lowest BCUT2D eigenvalue weighted by molar-refractivity contribution is 0.412. The second-order valence-corrected chi connectivity index (χ2v) is 6.39. The Kier molecular flexibility index (Phi) is 6.13. The molecule has 0 bridgehead atoms. The number of aryl methyl sites for hydroxylation is 1. The van der Waals surface area contributed by atoms with Gasteiger partial charge in [-0.15, -0.1) is 11.6 Å². The Hall–Kier alpha value is -0.990. The average Bonchev–Trinajstić information content (AvgIpc) is 2.52. The molecule has 0 saturated heterocycles. The molecule has 0 saturated carbocycles. The van der Waals surface area contributed by atoms with Gasteiger partial charge >= 0.3 is 0 Å². The van der Waals surface area contributed by atoms with Crippen LogP contribution in [0.4, 0.5) is 0 Å². The quantitative estimate of drug-likeness (QED) is 0.558. The zero-order chi connectivity index (χ0) is 15.2. The highest BCUT2D eigenvalue weighted by Gasteiger charge is 2.12. The lowest BCUT2D eigenvalue weighted by atomic mass is 10.0. The van der Waals surface area contributed by atoms with Crippen LogP contribution in [-0.2, 0) is 6.42 Å². The van der Waals surface area contributed by atoms with Crippen molar-refractivity contribution < 1.29 is 4.74 Å². The molecule has 0 aliphatic carbocycles. The van der Waals surface area contributed by atoms with Crippen LogP contribution in [0.2, 0.25) is 0 Å². The summed E-state index contributed by atoms with van der Waals surface area (Å²) in [5.74, 6) is 0.817. The monoisotopic (exact) mass is 366 g/mol. The van der Waals surface area contributed by atoms with Crippen molar-refractivity contribution in [3.8, 4) is 5.75 Å². The number of halogens is 2. The molecule has 1 unspecified atom stereocenters. The predicted octanol–water partition coefficient (Wildman–Crippen LogP) is 6.13. The van der Waals surface area contributed by atoms with Crippen LogP contribution in [0.15, 0.2) is 46.9 Å². The van der Waals surface area contributed by atoms with Crippen molar-refractivity contribution in [3.63, 3.8) is 0 Å². The molecule has 1 atom stereocenters. The average molecular weight is 368 g/mol. The number of hydrogen-bond donors (Lipinski definition) is 0. The van der Waals surface area contributed by atoms with Crippen LogP contribution in [0, 0.1) is 0 Å². The first kappa shape index (κ1) is 16.4. The van der Waals surface area contributed by atoms with Gasteiger partial charge in [0, 0.05) is 0 Å². The number of ether oxygens (including phenoxy) is 1. The summed E-state index contributed by atoms with van der Waals surface area (Å²) in [5.41, 5.74) is 3.56. The van der Waals surface area contributed by atoms with Crippen molar-refractivity contribution in [1.82, 2.24) is 0 Å². The van der Waals surface area contributed by atoms with Gasteiger partial charge in [-0.05, 0) is 57.6 Å². The molecular formula is C18H20BrClO. The van der Waals surface area contributed by atoms with Gasteiger partial charge in [-0.3, -0.25) is 0 Å². The number of methoxy groups -OCH3 is 1. The highest BCUT2D eigenvalue weighted by Crippen LogP contribution is 2.34. The molecular weight excluding hydrogens is 348 g/mol. The number of hydrogen-bond acceptors (Lipinski definition) is 1. The van der Waals surface area contributed by atoms with E-state index in [0.29, 0.717) is 0 Å². The number of alkyl halides is 1. The maximum Gasteiger partial charge on any atom is 0.133 e. The number of unbranched alkanes of at least 4 members (excludes halogenated alkanes) is 1. The van der Waals surface area contributed by atoms with E-state index in [0.717, 1.165) is 27.8 Å². The Bertz CT molecular complexity index is 580. The second kappa shape index (κ2) is 7.86. The molecule has 0 aromatic heterocycles. The normalized spacial score (nSPS) is 12.2. The fourth-order valence-corrected chi connectivity index (χ4v) is 3.11. The fourth-order valence-electron chi connectivity index (χ4n) is 2.27. The van der Waals surface area contributed by atoms with Crippen LogP contribution >= 0.6 is 27.5 Å². The minimum atomic E-state index is -0.146. The summed E-state index contributed by atoms with van der Waals surface area (Å²) >= 11 is 10.1. The van der Waals surface area contributed by atoms with E-state index >= 15 is 0 Å². The van der Waals surface area contributed by atoms with Crippen molar-refractivity contribution in [2.24, 2.45) is 0 Å². The van der Waals surface area contributed by atoms with Crippen molar-refractivity contribution >= 4 is 27.5 Å². The van der Waals surface area contributed by atoms with Gasteiger partial charge < -0.3 is 4.74 Å². The van der Waals surface area contributed by atoms with Gasteiger partial charge in [0.25, 0.3) is 0 Å². The molecule has 1 nitrogen and oxygen atoms in total. The van der Waals surface area contributed by atoms with Crippen LogP contribution in [0.1, 0.15) is 41.8 Å². The highest BCUT2D eigenvalue weighted by molar-refractivity contribution is 9.10. The largest absolute Gasteiger partial charge is 0.496 e. The molecule has 0 heterocycles. The first-order valence-electron chi connectivity index (χ1n) is 7.22. The van der Waals surface area contributed by atoms with Gasteiger partial charge in [-0.1, -0.05) is 43.7 Å². The van der Waals surface area contributed by atoms with Crippen LogP contribution < -0.4 is 4.74 Å². The third-order valence-electron chi connectivity index (χ3n) is 3.56. The molecule has 0 radical (unpaired) electrons. The smallest absolute Gasteiger partial charge is 0.133 e. The van der Waals surface area contributed by atoms with E-state index in [-0.39, 0.29) is 5.38 Å². The molecule has 2 rings (SSSR count). The second-order valence-electron chi connectivity index (χ2n) is 5.10. The molecule has 21 heavy (non-hydrogen) atoms. The van der Waals surface area contributed by atoms with E-state index in [2.05, 4.69) is 47.1 Å². The first-order chi connectivity index (χ1) is 10.2. The summed E-state index contributed by atoms with van der Waals surface area (Å²) in [7, 11) is 1.66. The fraction of sp³-hybridized carbons (Fsp3) is 0.333. The zero-order valence-corrected chi connectivity index (χ0v) is 14.7. The SMILES string of the molecule is CCCCc1ccc(C(Cl)c2ccc(OC)c(Br)c2)cc1. The van der Waals surface area contributed by atoms with Crippen LogP contribution in [0.3, 0.4) is 0 Å². The summed E-state index contributed by atoms with van der Waals surface area (Å²) < 4.78 is 6.17. The Morgan fingerprint density at radius 1 is 1.10 bits per heavy atom. The minimum absolute atomic E-state index is 0.146. The Morgan fingerprint density at radius 3 is 2.33 bits per heavy atom. The molecule has 0 aliphatic rings. The van der Waals surface area contributed by atoms with E-state index in [4.69, 9.17) is 16.3 Å².